The number of esters is 1. The molecular weight excluding hydrogens is 726 g/mol. The molecule has 0 aromatic heterocycles. The largest absolute Gasteiger partial charge is 0.481 e. The summed E-state index contributed by atoms with van der Waals surface area (Å²) in [6.45, 7) is 0.406. The number of urea groups is 1. The summed E-state index contributed by atoms with van der Waals surface area (Å²) in [6, 6.07) is -5.10. The number of aliphatic carboxylic acids is 3. The number of carbonyl (C=O) groups excluding carboxylic acids is 5. The highest BCUT2D eigenvalue weighted by Gasteiger charge is 2.51. The van der Waals surface area contributed by atoms with Gasteiger partial charge in [0.2, 0.25) is 17.7 Å². The van der Waals surface area contributed by atoms with Crippen LogP contribution in [0, 0.1) is 5.92 Å². The summed E-state index contributed by atoms with van der Waals surface area (Å²) in [4.78, 5) is 97.8. The van der Waals surface area contributed by atoms with E-state index < -0.39 is 66.1 Å². The lowest BCUT2D eigenvalue weighted by Gasteiger charge is -2.45. The zero-order valence-electron chi connectivity index (χ0n) is 28.0. The second kappa shape index (κ2) is 19.4. The fourth-order valence-electron chi connectivity index (χ4n) is 6.85. The fourth-order valence-corrected chi connectivity index (χ4v) is 7.17. The molecule has 0 aromatic rings. The smallest absolute Gasteiger partial charge is 0.329 e. The highest BCUT2D eigenvalue weighted by molar-refractivity contribution is 9.09. The first kappa shape index (κ1) is 40.5. The van der Waals surface area contributed by atoms with Crippen molar-refractivity contribution in [3.63, 3.8) is 0 Å². The number of hydrogen-bond donors (Lipinski definition) is 7. The number of carbonyl (C=O) groups is 8. The zero-order valence-corrected chi connectivity index (χ0v) is 29.5. The van der Waals surface area contributed by atoms with Crippen LogP contribution in [0.25, 0.3) is 0 Å². The molecule has 0 radical (unpaired) electrons. The van der Waals surface area contributed by atoms with Crippen LogP contribution in [0.1, 0.15) is 96.3 Å². The summed E-state index contributed by atoms with van der Waals surface area (Å²) in [5.41, 5.74) is -0.429. The summed E-state index contributed by atoms with van der Waals surface area (Å²) in [5.74, 6) is -4.75. The summed E-state index contributed by atoms with van der Waals surface area (Å²) in [7, 11) is 0. The Morgan fingerprint density at radius 3 is 2.14 bits per heavy atom. The van der Waals surface area contributed by atoms with Crippen molar-refractivity contribution in [2.75, 3.05) is 18.4 Å². The normalized spacial score (nSPS) is 23.6. The van der Waals surface area contributed by atoms with E-state index in [1.807, 2.05) is 0 Å². The Bertz CT molecular complexity index is 1270. The minimum absolute atomic E-state index is 0.00852. The predicted molar refractivity (Wildman–Crippen MR) is 178 cm³/mol. The number of fused-ring (bicyclic) bond motifs is 3. The molecule has 0 aromatic carbocycles. The number of rotatable bonds is 20. The number of likely N-dealkylation sites (tertiary alicyclic amines) is 1. The van der Waals surface area contributed by atoms with Crippen LogP contribution in [0.15, 0.2) is 0 Å². The topological polar surface area (TPSA) is 258 Å². The van der Waals surface area contributed by atoms with Gasteiger partial charge in [0.1, 0.15) is 23.7 Å². The molecule has 18 heteroatoms. The molecule has 17 nitrogen and oxygen atoms in total. The number of ether oxygens (including phenoxy) is 1. The first-order valence-electron chi connectivity index (χ1n) is 17.1. The number of carboxylic acid groups (broad SMARTS) is 3. The molecule has 7 N–H and O–H groups in total. The van der Waals surface area contributed by atoms with Crippen molar-refractivity contribution < 1.29 is 58.4 Å². The molecule has 5 amide bonds. The molecule has 1 unspecified atom stereocenters. The molecule has 3 saturated carbocycles. The molecule has 3 aliphatic carbocycles. The van der Waals surface area contributed by atoms with Crippen molar-refractivity contribution in [1.29, 1.82) is 0 Å². The number of nitrogens with one attached hydrogen (secondary N) is 4. The number of halogens is 1. The number of carboxylic acids is 3. The molecule has 4 aliphatic rings. The van der Waals surface area contributed by atoms with Gasteiger partial charge in [-0.1, -0.05) is 28.8 Å². The van der Waals surface area contributed by atoms with Gasteiger partial charge in [-0.05, 0) is 63.7 Å². The minimum Gasteiger partial charge on any atom is -0.481 e. The van der Waals surface area contributed by atoms with E-state index >= 15 is 0 Å². The quantitative estimate of drug-likeness (QED) is 0.0524. The average molecular weight is 775 g/mol. The van der Waals surface area contributed by atoms with Gasteiger partial charge in [0.15, 0.2) is 0 Å². The fraction of sp³-hybridized carbons (Fsp3) is 0.750. The van der Waals surface area contributed by atoms with Gasteiger partial charge in [-0.3, -0.25) is 19.2 Å². The monoisotopic (exact) mass is 773 g/mol. The summed E-state index contributed by atoms with van der Waals surface area (Å²) >= 11 is 3.17. The van der Waals surface area contributed by atoms with Crippen molar-refractivity contribution >= 4 is 63.6 Å². The van der Waals surface area contributed by atoms with Gasteiger partial charge in [-0.25, -0.2) is 19.2 Å². The molecule has 50 heavy (non-hydrogen) atoms. The number of unbranched alkanes of at least 4 members (excludes halogenated alkanes) is 1. The number of nitrogens with zero attached hydrogens (tertiary/aromatic N) is 1. The van der Waals surface area contributed by atoms with Gasteiger partial charge >= 0.3 is 29.9 Å². The van der Waals surface area contributed by atoms with Crippen LogP contribution < -0.4 is 21.3 Å². The lowest BCUT2D eigenvalue weighted by molar-refractivity contribution is -0.182. The Morgan fingerprint density at radius 2 is 1.50 bits per heavy atom. The van der Waals surface area contributed by atoms with E-state index in [0.29, 0.717) is 18.8 Å². The first-order chi connectivity index (χ1) is 23.7. The van der Waals surface area contributed by atoms with Gasteiger partial charge in [0.25, 0.3) is 0 Å². The molecule has 4 fully saturated rings. The van der Waals surface area contributed by atoms with E-state index in [2.05, 4.69) is 37.2 Å². The predicted octanol–water partition coefficient (Wildman–Crippen LogP) is 1.26. The van der Waals surface area contributed by atoms with E-state index in [1.165, 1.54) is 4.90 Å². The lowest BCUT2D eigenvalue weighted by Crippen LogP contribution is -2.51. The number of alkyl halides is 1. The third kappa shape index (κ3) is 12.7. The van der Waals surface area contributed by atoms with Crippen LogP contribution in [0.4, 0.5) is 4.79 Å². The standard InChI is InChI=1S/C32H48BrN5O12/c33-17-26(41)38-18-20(14-23(38)30(48)50-32-12-3-1-6-19(15-32)16-32)35-25(40)9-5-8-24(39)34-13-4-2-7-21(28(44)45)36-31(49)37-22(29(46)47)10-11-27(42)43/h19-23H,1-18H2,(H,34,39)(H,35,40)(H,42,43)(H,44,45)(H,46,47)(H2,36,37,49)/t19?,20-,21?,22-,23-,32?/m0/s1. The van der Waals surface area contributed by atoms with Crippen LogP contribution in [0.3, 0.4) is 0 Å². The third-order valence-electron chi connectivity index (χ3n) is 9.41. The van der Waals surface area contributed by atoms with E-state index in [9.17, 15) is 43.5 Å². The van der Waals surface area contributed by atoms with Crippen LogP contribution in [-0.4, -0.2) is 116 Å². The van der Waals surface area contributed by atoms with Crippen molar-refractivity contribution in [3.8, 4) is 0 Å². The van der Waals surface area contributed by atoms with Crippen molar-refractivity contribution in [2.45, 2.75) is 126 Å². The van der Waals surface area contributed by atoms with Crippen LogP contribution >= 0.6 is 15.9 Å². The number of amides is 5. The Kier molecular flexibility index (Phi) is 15.7. The molecule has 2 bridgehead atoms. The van der Waals surface area contributed by atoms with E-state index in [4.69, 9.17) is 14.9 Å². The van der Waals surface area contributed by atoms with E-state index in [0.717, 1.165) is 38.5 Å². The molecule has 0 spiro atoms. The highest BCUT2D eigenvalue weighted by Crippen LogP contribution is 2.50. The van der Waals surface area contributed by atoms with Crippen molar-refractivity contribution in [1.82, 2.24) is 26.2 Å². The highest BCUT2D eigenvalue weighted by atomic mass is 79.9. The van der Waals surface area contributed by atoms with Crippen molar-refractivity contribution in [3.05, 3.63) is 0 Å². The van der Waals surface area contributed by atoms with Crippen LogP contribution in [0.5, 0.6) is 0 Å². The molecule has 1 saturated heterocycles. The van der Waals surface area contributed by atoms with Gasteiger partial charge in [-0.2, -0.15) is 0 Å². The van der Waals surface area contributed by atoms with Gasteiger partial charge < -0.3 is 46.2 Å². The average Bonchev–Trinajstić information content (AvgIpc) is 3.21. The number of hydrogen-bond acceptors (Lipinski definition) is 9. The first-order valence-corrected chi connectivity index (χ1v) is 18.2. The SMILES string of the molecule is O=C(O)CC[C@H](NC(=O)NC(CCCCNC(=O)CCCC(=O)N[C@H]1C[C@@H](C(=O)OC23CCCCC(C2)C3)N(C(=O)CBr)C1)C(=O)O)C(=O)O. The molecule has 4 rings (SSSR count). The molecular formula is C32H48BrN5O12. The summed E-state index contributed by atoms with van der Waals surface area (Å²) in [6.07, 6.45) is 6.30. The van der Waals surface area contributed by atoms with Crippen molar-refractivity contribution in [2.24, 2.45) is 5.92 Å². The molecule has 4 atom stereocenters. The minimum atomic E-state index is -1.51. The van der Waals surface area contributed by atoms with E-state index in [1.54, 1.807) is 0 Å². The third-order valence-corrected chi connectivity index (χ3v) is 9.89. The maximum Gasteiger partial charge on any atom is 0.329 e. The maximum atomic E-state index is 13.2. The lowest BCUT2D eigenvalue weighted by atomic mass is 9.70. The van der Waals surface area contributed by atoms with E-state index in [-0.39, 0.29) is 74.7 Å². The Labute approximate surface area is 298 Å². The Balaban J connectivity index is 1.32. The van der Waals surface area contributed by atoms with Gasteiger partial charge in [0, 0.05) is 44.8 Å². The zero-order chi connectivity index (χ0) is 36.8. The molecule has 1 heterocycles. The van der Waals surface area contributed by atoms with Gasteiger partial charge in [0.05, 0.1) is 5.33 Å². The molecule has 1 aliphatic heterocycles. The Hall–Kier alpha value is -3.96. The Morgan fingerprint density at radius 1 is 0.840 bits per heavy atom. The molecule has 280 valence electrons. The summed E-state index contributed by atoms with van der Waals surface area (Å²) in [5, 5.41) is 37.1. The van der Waals surface area contributed by atoms with Gasteiger partial charge in [-0.15, -0.1) is 0 Å². The van der Waals surface area contributed by atoms with Crippen LogP contribution in [0.2, 0.25) is 0 Å². The summed E-state index contributed by atoms with van der Waals surface area (Å²) < 4.78 is 6.01. The second-order valence-corrected chi connectivity index (χ2v) is 13.9. The maximum absolute atomic E-state index is 13.2. The second-order valence-electron chi connectivity index (χ2n) is 13.4. The van der Waals surface area contributed by atoms with Crippen LogP contribution in [-0.2, 0) is 38.3 Å².